The zero-order valence-corrected chi connectivity index (χ0v) is 10.7. The molecule has 0 spiro atoms. The third kappa shape index (κ3) is 2.33. The Hall–Kier alpha value is -2.24. The smallest absolute Gasteiger partial charge is 0.259 e. The molecule has 19 heavy (non-hydrogen) atoms. The summed E-state index contributed by atoms with van der Waals surface area (Å²) in [6.45, 7) is 3.09. The molecule has 6 heteroatoms. The first-order valence-electron chi connectivity index (χ1n) is 6.37. The Morgan fingerprint density at radius 1 is 1.42 bits per heavy atom. The second-order valence-corrected chi connectivity index (χ2v) is 4.91. The largest absolute Gasteiger partial charge is 0.320 e. The normalized spacial score (nSPS) is 17.8. The maximum Gasteiger partial charge on any atom is 0.259 e. The number of nitrogens with one attached hydrogen (secondary N) is 1. The lowest BCUT2D eigenvalue weighted by Crippen LogP contribution is -2.21. The SMILES string of the molecule is CC1CCn2ncc(C(=O)Nc3ccnnc3)c2C1. The van der Waals surface area contributed by atoms with Gasteiger partial charge in [0.05, 0.1) is 35.5 Å². The number of nitrogens with zero attached hydrogens (tertiary/aromatic N) is 4. The van der Waals surface area contributed by atoms with Crippen LogP contribution in [0.25, 0.3) is 0 Å². The third-order valence-corrected chi connectivity index (χ3v) is 3.41. The fourth-order valence-electron chi connectivity index (χ4n) is 2.35. The number of hydrogen-bond acceptors (Lipinski definition) is 4. The van der Waals surface area contributed by atoms with Crippen LogP contribution in [0.2, 0.25) is 0 Å². The molecule has 0 aliphatic carbocycles. The summed E-state index contributed by atoms with van der Waals surface area (Å²) in [7, 11) is 0. The average molecular weight is 257 g/mol. The van der Waals surface area contributed by atoms with Crippen LogP contribution in [-0.4, -0.2) is 25.9 Å². The molecular weight excluding hydrogens is 242 g/mol. The van der Waals surface area contributed by atoms with Crippen LogP contribution in [0.5, 0.6) is 0 Å². The molecule has 3 rings (SSSR count). The minimum absolute atomic E-state index is 0.136. The van der Waals surface area contributed by atoms with E-state index >= 15 is 0 Å². The molecule has 2 aromatic rings. The number of anilines is 1. The topological polar surface area (TPSA) is 72.7 Å². The van der Waals surface area contributed by atoms with E-state index in [1.54, 1.807) is 18.5 Å². The molecule has 2 aromatic heterocycles. The predicted molar refractivity (Wildman–Crippen MR) is 69.7 cm³/mol. The van der Waals surface area contributed by atoms with E-state index in [-0.39, 0.29) is 5.91 Å². The standard InChI is InChI=1S/C13H15N5O/c1-9-3-5-18-12(6-9)11(8-16-18)13(19)17-10-2-4-14-15-7-10/h2,4,7-9H,3,5-6H2,1H3,(H,14,17,19). The number of hydrogen-bond donors (Lipinski definition) is 1. The Balaban J connectivity index is 1.83. The highest BCUT2D eigenvalue weighted by Crippen LogP contribution is 2.23. The lowest BCUT2D eigenvalue weighted by atomic mass is 9.96. The minimum Gasteiger partial charge on any atom is -0.320 e. The second-order valence-electron chi connectivity index (χ2n) is 4.91. The molecule has 1 unspecified atom stereocenters. The van der Waals surface area contributed by atoms with Crippen LogP contribution >= 0.6 is 0 Å². The number of fused-ring (bicyclic) bond motifs is 1. The monoisotopic (exact) mass is 257 g/mol. The summed E-state index contributed by atoms with van der Waals surface area (Å²) in [6, 6.07) is 1.71. The molecular formula is C13H15N5O. The molecule has 1 amide bonds. The van der Waals surface area contributed by atoms with Crippen molar-refractivity contribution < 1.29 is 4.79 Å². The van der Waals surface area contributed by atoms with Crippen LogP contribution in [0.3, 0.4) is 0 Å². The van der Waals surface area contributed by atoms with Gasteiger partial charge in [-0.2, -0.15) is 15.3 Å². The van der Waals surface area contributed by atoms with E-state index in [1.165, 1.54) is 6.20 Å². The van der Waals surface area contributed by atoms with Crippen molar-refractivity contribution in [1.29, 1.82) is 0 Å². The van der Waals surface area contributed by atoms with Crippen molar-refractivity contribution in [2.75, 3.05) is 5.32 Å². The van der Waals surface area contributed by atoms with Crippen LogP contribution in [-0.2, 0) is 13.0 Å². The van der Waals surface area contributed by atoms with Crippen LogP contribution < -0.4 is 5.32 Å². The molecule has 0 fully saturated rings. The van der Waals surface area contributed by atoms with Crippen molar-refractivity contribution in [3.63, 3.8) is 0 Å². The van der Waals surface area contributed by atoms with E-state index in [4.69, 9.17) is 0 Å². The van der Waals surface area contributed by atoms with Gasteiger partial charge in [0.2, 0.25) is 0 Å². The molecule has 0 radical (unpaired) electrons. The highest BCUT2D eigenvalue weighted by molar-refractivity contribution is 6.04. The van der Waals surface area contributed by atoms with E-state index in [0.717, 1.165) is 25.1 Å². The fourth-order valence-corrected chi connectivity index (χ4v) is 2.35. The molecule has 98 valence electrons. The molecule has 1 aliphatic rings. The summed E-state index contributed by atoms with van der Waals surface area (Å²) < 4.78 is 1.93. The Bertz CT molecular complexity index is 592. The molecule has 0 saturated carbocycles. The first-order chi connectivity index (χ1) is 9.24. The maximum absolute atomic E-state index is 12.2. The Kier molecular flexibility index (Phi) is 2.98. The Morgan fingerprint density at radius 2 is 2.32 bits per heavy atom. The first kappa shape index (κ1) is 11.8. The van der Waals surface area contributed by atoms with Crippen LogP contribution in [0.4, 0.5) is 5.69 Å². The Morgan fingerprint density at radius 3 is 3.11 bits per heavy atom. The summed E-state index contributed by atoms with van der Waals surface area (Å²) in [5.74, 6) is 0.460. The van der Waals surface area contributed by atoms with Gasteiger partial charge in [0, 0.05) is 6.54 Å². The number of carbonyl (C=O) groups is 1. The minimum atomic E-state index is -0.136. The number of carbonyl (C=O) groups excluding carboxylic acids is 1. The zero-order valence-electron chi connectivity index (χ0n) is 10.7. The summed E-state index contributed by atoms with van der Waals surface area (Å²) >= 11 is 0. The van der Waals surface area contributed by atoms with E-state index < -0.39 is 0 Å². The first-order valence-corrected chi connectivity index (χ1v) is 6.37. The maximum atomic E-state index is 12.2. The van der Waals surface area contributed by atoms with Crippen molar-refractivity contribution in [2.45, 2.75) is 26.3 Å². The number of aromatic nitrogens is 4. The fraction of sp³-hybridized carbons (Fsp3) is 0.385. The molecule has 0 saturated heterocycles. The van der Waals surface area contributed by atoms with Gasteiger partial charge in [-0.25, -0.2) is 0 Å². The van der Waals surface area contributed by atoms with Crippen LogP contribution in [0.1, 0.15) is 29.4 Å². The van der Waals surface area contributed by atoms with Gasteiger partial charge in [0.15, 0.2) is 0 Å². The number of rotatable bonds is 2. The van der Waals surface area contributed by atoms with E-state index in [0.29, 0.717) is 17.2 Å². The van der Waals surface area contributed by atoms with Crippen molar-refractivity contribution in [2.24, 2.45) is 5.92 Å². The average Bonchev–Trinajstić information content (AvgIpc) is 2.82. The van der Waals surface area contributed by atoms with Gasteiger partial charge in [0.1, 0.15) is 0 Å². The number of amides is 1. The molecule has 3 heterocycles. The van der Waals surface area contributed by atoms with Crippen molar-refractivity contribution in [3.8, 4) is 0 Å². The molecule has 1 aliphatic heterocycles. The lowest BCUT2D eigenvalue weighted by Gasteiger charge is -2.20. The molecule has 0 aromatic carbocycles. The van der Waals surface area contributed by atoms with Crippen molar-refractivity contribution >= 4 is 11.6 Å². The van der Waals surface area contributed by atoms with Crippen molar-refractivity contribution in [3.05, 3.63) is 35.9 Å². The second kappa shape index (κ2) is 4.79. The summed E-state index contributed by atoms with van der Waals surface area (Å²) in [5, 5.41) is 14.5. The Labute approximate surface area is 110 Å². The van der Waals surface area contributed by atoms with Crippen molar-refractivity contribution in [1.82, 2.24) is 20.0 Å². The molecule has 1 atom stereocenters. The highest BCUT2D eigenvalue weighted by atomic mass is 16.1. The summed E-state index contributed by atoms with van der Waals surface area (Å²) in [5.41, 5.74) is 2.32. The summed E-state index contributed by atoms with van der Waals surface area (Å²) in [6.07, 6.45) is 6.74. The third-order valence-electron chi connectivity index (χ3n) is 3.41. The summed E-state index contributed by atoms with van der Waals surface area (Å²) in [4.78, 5) is 12.2. The predicted octanol–water partition coefficient (Wildman–Crippen LogP) is 1.51. The lowest BCUT2D eigenvalue weighted by molar-refractivity contribution is 0.102. The quantitative estimate of drug-likeness (QED) is 0.885. The molecule has 6 nitrogen and oxygen atoms in total. The number of aryl methyl sites for hydroxylation is 1. The zero-order chi connectivity index (χ0) is 13.2. The molecule has 0 bridgehead atoms. The van der Waals surface area contributed by atoms with Gasteiger partial charge in [-0.15, -0.1) is 0 Å². The van der Waals surface area contributed by atoms with Gasteiger partial charge in [-0.05, 0) is 24.8 Å². The van der Waals surface area contributed by atoms with E-state index in [2.05, 4.69) is 27.5 Å². The van der Waals surface area contributed by atoms with Gasteiger partial charge in [-0.1, -0.05) is 6.92 Å². The van der Waals surface area contributed by atoms with Gasteiger partial charge >= 0.3 is 0 Å². The van der Waals surface area contributed by atoms with Gasteiger partial charge in [0.25, 0.3) is 5.91 Å². The van der Waals surface area contributed by atoms with E-state index in [9.17, 15) is 4.79 Å². The van der Waals surface area contributed by atoms with Gasteiger partial charge in [-0.3, -0.25) is 9.48 Å². The van der Waals surface area contributed by atoms with Crippen LogP contribution in [0.15, 0.2) is 24.7 Å². The van der Waals surface area contributed by atoms with E-state index in [1.807, 2.05) is 4.68 Å². The molecule has 1 N–H and O–H groups in total. The highest BCUT2D eigenvalue weighted by Gasteiger charge is 2.23. The van der Waals surface area contributed by atoms with Gasteiger partial charge < -0.3 is 5.32 Å². The van der Waals surface area contributed by atoms with Crippen LogP contribution in [0, 0.1) is 5.92 Å².